The average molecular weight is 519 g/mol. The molecule has 37 heavy (non-hydrogen) atoms. The predicted octanol–water partition coefficient (Wildman–Crippen LogP) is 4.77. The van der Waals surface area contributed by atoms with Gasteiger partial charge < -0.3 is 25.2 Å². The number of rotatable bonds is 9. The first kappa shape index (κ1) is 26.1. The molecule has 0 unspecified atom stereocenters. The summed E-state index contributed by atoms with van der Waals surface area (Å²) in [5.41, 5.74) is 4.39. The topological polar surface area (TPSA) is 91.0 Å². The molecular weight excluding hydrogens is 488 g/mol. The molecule has 9 heteroatoms. The first-order chi connectivity index (χ1) is 17.8. The number of carbonyl (C=O) groups excluding carboxylic acids is 3. The van der Waals surface area contributed by atoms with Crippen molar-refractivity contribution >= 4 is 57.5 Å². The first-order valence-electron chi connectivity index (χ1n) is 11.9. The van der Waals surface area contributed by atoms with Crippen LogP contribution < -0.4 is 15.5 Å². The first-order valence-corrected chi connectivity index (χ1v) is 12.8. The summed E-state index contributed by atoms with van der Waals surface area (Å²) in [6.45, 7) is 3.10. The SMILES string of the molecule is COC(=O)c1ccc2c(c1)NC(=O)C2=C(Nc1ccc(N(CCCN(C)C)C(C)=O)cc1)c1cccs1. The molecule has 2 amide bonds. The molecule has 3 aromatic rings. The van der Waals surface area contributed by atoms with E-state index in [1.165, 1.54) is 18.4 Å². The number of hydrogen-bond acceptors (Lipinski definition) is 7. The van der Waals surface area contributed by atoms with Crippen molar-refractivity contribution in [1.82, 2.24) is 4.90 Å². The van der Waals surface area contributed by atoms with Crippen molar-refractivity contribution in [2.24, 2.45) is 0 Å². The second-order valence-corrected chi connectivity index (χ2v) is 9.88. The Bertz CT molecular complexity index is 1330. The van der Waals surface area contributed by atoms with Crippen molar-refractivity contribution in [3.8, 4) is 0 Å². The number of nitrogens with one attached hydrogen (secondary N) is 2. The van der Waals surface area contributed by atoms with Gasteiger partial charge in [-0.15, -0.1) is 11.3 Å². The van der Waals surface area contributed by atoms with Crippen LogP contribution >= 0.6 is 11.3 Å². The van der Waals surface area contributed by atoms with E-state index in [0.29, 0.717) is 34.6 Å². The largest absolute Gasteiger partial charge is 0.465 e. The molecule has 0 aliphatic carbocycles. The van der Waals surface area contributed by atoms with Crippen LogP contribution in [0.3, 0.4) is 0 Å². The Kier molecular flexibility index (Phi) is 8.05. The van der Waals surface area contributed by atoms with Crippen LogP contribution in [0.2, 0.25) is 0 Å². The highest BCUT2D eigenvalue weighted by Crippen LogP contribution is 2.39. The third-order valence-corrected chi connectivity index (χ3v) is 6.91. The molecule has 2 heterocycles. The van der Waals surface area contributed by atoms with Gasteiger partial charge in [-0.1, -0.05) is 12.1 Å². The summed E-state index contributed by atoms with van der Waals surface area (Å²) in [6.07, 6.45) is 0.868. The van der Waals surface area contributed by atoms with E-state index in [-0.39, 0.29) is 11.8 Å². The van der Waals surface area contributed by atoms with E-state index in [1.54, 1.807) is 30.0 Å². The number of ether oxygens (including phenoxy) is 1. The van der Waals surface area contributed by atoms with Gasteiger partial charge in [-0.3, -0.25) is 9.59 Å². The zero-order chi connectivity index (χ0) is 26.5. The number of thiophene rings is 1. The number of carbonyl (C=O) groups is 3. The molecule has 0 saturated carbocycles. The molecular formula is C28H30N4O4S. The lowest BCUT2D eigenvalue weighted by Crippen LogP contribution is -2.31. The molecule has 0 atom stereocenters. The summed E-state index contributed by atoms with van der Waals surface area (Å²) in [5.74, 6) is -0.730. The van der Waals surface area contributed by atoms with Gasteiger partial charge in [-0.25, -0.2) is 4.79 Å². The predicted molar refractivity (Wildman–Crippen MR) is 149 cm³/mol. The van der Waals surface area contributed by atoms with Crippen LogP contribution in [0.15, 0.2) is 60.0 Å². The van der Waals surface area contributed by atoms with Gasteiger partial charge in [0.05, 0.1) is 34.5 Å². The molecule has 8 nitrogen and oxygen atoms in total. The van der Waals surface area contributed by atoms with Crippen LogP contribution in [0, 0.1) is 0 Å². The van der Waals surface area contributed by atoms with Gasteiger partial charge in [0.2, 0.25) is 5.91 Å². The highest BCUT2D eigenvalue weighted by Gasteiger charge is 2.29. The standard InChI is InChI=1S/C28H30N4O4S/c1-18(33)32(15-6-14-31(2)3)21-11-9-20(10-12-21)29-26(24-7-5-16-37-24)25-22-13-8-19(28(35)36-4)17-23(22)30-27(25)34/h5,7-13,16-17,29H,6,14-15H2,1-4H3,(H,30,34). The van der Waals surface area contributed by atoms with Crippen LogP contribution in [0.25, 0.3) is 11.3 Å². The summed E-state index contributed by atoms with van der Waals surface area (Å²) in [4.78, 5) is 42.1. The van der Waals surface area contributed by atoms with Crippen LogP contribution in [-0.2, 0) is 14.3 Å². The summed E-state index contributed by atoms with van der Waals surface area (Å²) >= 11 is 1.52. The number of benzene rings is 2. The molecule has 1 aliphatic heterocycles. The lowest BCUT2D eigenvalue weighted by atomic mass is 10.0. The summed E-state index contributed by atoms with van der Waals surface area (Å²) < 4.78 is 4.81. The number of esters is 1. The maximum atomic E-state index is 13.1. The van der Waals surface area contributed by atoms with Crippen LogP contribution in [0.4, 0.5) is 17.1 Å². The number of amides is 2. The summed E-state index contributed by atoms with van der Waals surface area (Å²) in [6, 6.07) is 16.5. The third-order valence-electron chi connectivity index (χ3n) is 6.02. The number of methoxy groups -OCH3 is 1. The summed E-state index contributed by atoms with van der Waals surface area (Å²) in [5, 5.41) is 8.25. The van der Waals surface area contributed by atoms with Gasteiger partial charge >= 0.3 is 5.97 Å². The number of fused-ring (bicyclic) bond motifs is 1. The lowest BCUT2D eigenvalue weighted by molar-refractivity contribution is -0.116. The fraction of sp³-hybridized carbons (Fsp3) is 0.250. The maximum Gasteiger partial charge on any atom is 0.337 e. The molecule has 1 aliphatic rings. The Hall–Kier alpha value is -3.95. The van der Waals surface area contributed by atoms with E-state index in [1.807, 2.05) is 55.9 Å². The Morgan fingerprint density at radius 1 is 1.05 bits per heavy atom. The van der Waals surface area contributed by atoms with E-state index in [0.717, 1.165) is 29.2 Å². The minimum Gasteiger partial charge on any atom is -0.465 e. The summed E-state index contributed by atoms with van der Waals surface area (Å²) in [7, 11) is 5.35. The highest BCUT2D eigenvalue weighted by molar-refractivity contribution is 7.11. The van der Waals surface area contributed by atoms with Crippen molar-refractivity contribution in [3.63, 3.8) is 0 Å². The van der Waals surface area contributed by atoms with Gasteiger partial charge in [-0.05, 0) is 74.9 Å². The lowest BCUT2D eigenvalue weighted by Gasteiger charge is -2.22. The average Bonchev–Trinajstić information content (AvgIpc) is 3.52. The number of anilines is 3. The van der Waals surface area contributed by atoms with Gasteiger partial charge in [0.25, 0.3) is 5.91 Å². The van der Waals surface area contributed by atoms with Gasteiger partial charge in [0.1, 0.15) is 0 Å². The molecule has 0 saturated heterocycles. The van der Waals surface area contributed by atoms with E-state index >= 15 is 0 Å². The maximum absolute atomic E-state index is 13.1. The van der Waals surface area contributed by atoms with Crippen LogP contribution in [-0.4, -0.2) is 57.0 Å². The van der Waals surface area contributed by atoms with Gasteiger partial charge in [-0.2, -0.15) is 0 Å². The molecule has 192 valence electrons. The highest BCUT2D eigenvalue weighted by atomic mass is 32.1. The van der Waals surface area contributed by atoms with Crippen molar-refractivity contribution < 1.29 is 19.1 Å². The van der Waals surface area contributed by atoms with E-state index in [4.69, 9.17) is 4.74 Å². The molecule has 0 spiro atoms. The quantitative estimate of drug-likeness (QED) is 0.313. The Morgan fingerprint density at radius 2 is 1.81 bits per heavy atom. The third kappa shape index (κ3) is 5.90. The molecule has 0 radical (unpaired) electrons. The van der Waals surface area contributed by atoms with E-state index < -0.39 is 5.97 Å². The van der Waals surface area contributed by atoms with Crippen molar-refractivity contribution in [3.05, 3.63) is 76.0 Å². The zero-order valence-corrected chi connectivity index (χ0v) is 22.1. The molecule has 2 aromatic carbocycles. The minimum atomic E-state index is -0.465. The fourth-order valence-corrected chi connectivity index (χ4v) is 4.95. The smallest absolute Gasteiger partial charge is 0.337 e. The van der Waals surface area contributed by atoms with E-state index in [9.17, 15) is 14.4 Å². The second kappa shape index (κ2) is 11.4. The Morgan fingerprint density at radius 3 is 2.43 bits per heavy atom. The zero-order valence-electron chi connectivity index (χ0n) is 21.3. The van der Waals surface area contributed by atoms with Crippen molar-refractivity contribution in [1.29, 1.82) is 0 Å². The number of hydrogen-bond donors (Lipinski definition) is 2. The van der Waals surface area contributed by atoms with Gasteiger partial charge in [0, 0.05) is 30.4 Å². The normalized spacial score (nSPS) is 13.7. The van der Waals surface area contributed by atoms with Crippen LogP contribution in [0.5, 0.6) is 0 Å². The Balaban J connectivity index is 1.65. The van der Waals surface area contributed by atoms with Gasteiger partial charge in [0.15, 0.2) is 0 Å². The Labute approximate surface area is 220 Å². The van der Waals surface area contributed by atoms with E-state index in [2.05, 4.69) is 15.5 Å². The van der Waals surface area contributed by atoms with Crippen molar-refractivity contribution in [2.45, 2.75) is 13.3 Å². The number of nitrogens with zero attached hydrogens (tertiary/aromatic N) is 2. The molecule has 1 aromatic heterocycles. The molecule has 0 fully saturated rings. The minimum absolute atomic E-state index is 0.00795. The van der Waals surface area contributed by atoms with Crippen LogP contribution in [0.1, 0.15) is 34.1 Å². The molecule has 0 bridgehead atoms. The second-order valence-electron chi connectivity index (χ2n) is 8.93. The molecule has 2 N–H and O–H groups in total. The monoisotopic (exact) mass is 518 g/mol. The van der Waals surface area contributed by atoms with Crippen molar-refractivity contribution in [2.75, 3.05) is 49.8 Å². The fourth-order valence-electron chi connectivity index (χ4n) is 4.22. The molecule has 4 rings (SSSR count).